The third-order valence-electron chi connectivity index (χ3n) is 4.31. The summed E-state index contributed by atoms with van der Waals surface area (Å²) in [6, 6.07) is 12.3. The van der Waals surface area contributed by atoms with E-state index in [9.17, 15) is 18.0 Å². The molecule has 1 atom stereocenters. The third-order valence-corrected chi connectivity index (χ3v) is 5.73. The average Bonchev–Trinajstić information content (AvgIpc) is 2.72. The standard InChI is InChI=1S/C23H26N2O5S/c1-5-14-24-31(28,29)20-12-10-19(11-13-20)23(27)25-21(15-22(26)30-16(2)3)18-8-6-17(4)7-9-18/h1,6-13,16,21,24H,14-15H2,2-4H3,(H,25,27). The van der Waals surface area contributed by atoms with Gasteiger partial charge in [0.05, 0.1) is 30.0 Å². The normalized spacial score (nSPS) is 12.1. The first-order valence-corrected chi connectivity index (χ1v) is 11.2. The zero-order valence-corrected chi connectivity index (χ0v) is 18.5. The molecule has 1 unspecified atom stereocenters. The molecule has 0 aliphatic rings. The van der Waals surface area contributed by atoms with E-state index in [2.05, 4.69) is 16.0 Å². The fraction of sp³-hybridized carbons (Fsp3) is 0.304. The number of amides is 1. The number of hydrogen-bond donors (Lipinski definition) is 2. The third kappa shape index (κ3) is 7.24. The van der Waals surface area contributed by atoms with Crippen molar-refractivity contribution in [2.24, 2.45) is 0 Å². The summed E-state index contributed by atoms with van der Waals surface area (Å²) >= 11 is 0. The largest absolute Gasteiger partial charge is 0.463 e. The Labute approximate surface area is 183 Å². The van der Waals surface area contributed by atoms with Crippen LogP contribution in [0.3, 0.4) is 0 Å². The monoisotopic (exact) mass is 442 g/mol. The highest BCUT2D eigenvalue weighted by Crippen LogP contribution is 2.20. The number of esters is 1. The molecule has 0 fully saturated rings. The Morgan fingerprint density at radius 2 is 1.68 bits per heavy atom. The summed E-state index contributed by atoms with van der Waals surface area (Å²) < 4.78 is 31.7. The van der Waals surface area contributed by atoms with Crippen LogP contribution < -0.4 is 10.0 Å². The SMILES string of the molecule is C#CCNS(=O)(=O)c1ccc(C(=O)NC(CC(=O)OC(C)C)c2ccc(C)cc2)cc1. The van der Waals surface area contributed by atoms with Crippen molar-refractivity contribution in [2.75, 3.05) is 6.54 Å². The molecule has 0 radical (unpaired) electrons. The minimum absolute atomic E-state index is 0.00473. The molecule has 2 aromatic rings. The lowest BCUT2D eigenvalue weighted by Crippen LogP contribution is -2.31. The van der Waals surface area contributed by atoms with Gasteiger partial charge in [-0.1, -0.05) is 35.7 Å². The summed E-state index contributed by atoms with van der Waals surface area (Å²) in [6.07, 6.45) is 4.78. The van der Waals surface area contributed by atoms with Gasteiger partial charge >= 0.3 is 5.97 Å². The van der Waals surface area contributed by atoms with Crippen molar-refractivity contribution in [1.29, 1.82) is 0 Å². The second-order valence-corrected chi connectivity index (χ2v) is 9.00. The van der Waals surface area contributed by atoms with E-state index in [1.807, 2.05) is 31.2 Å². The van der Waals surface area contributed by atoms with Crippen molar-refractivity contribution >= 4 is 21.9 Å². The minimum atomic E-state index is -3.75. The molecule has 2 rings (SSSR count). The van der Waals surface area contributed by atoms with Crippen LogP contribution in [-0.2, 0) is 19.6 Å². The fourth-order valence-electron chi connectivity index (χ4n) is 2.78. The molecule has 0 aliphatic carbocycles. The van der Waals surface area contributed by atoms with Gasteiger partial charge in [0, 0.05) is 5.56 Å². The van der Waals surface area contributed by atoms with Crippen LogP contribution in [0.25, 0.3) is 0 Å². The van der Waals surface area contributed by atoms with Gasteiger partial charge in [-0.25, -0.2) is 8.42 Å². The molecule has 2 aromatic carbocycles. The summed E-state index contributed by atoms with van der Waals surface area (Å²) in [4.78, 5) is 25.0. The van der Waals surface area contributed by atoms with Gasteiger partial charge in [0.1, 0.15) is 0 Å². The molecule has 2 N–H and O–H groups in total. The van der Waals surface area contributed by atoms with Gasteiger partial charge in [0.15, 0.2) is 0 Å². The molecule has 0 bridgehead atoms. The zero-order chi connectivity index (χ0) is 23.0. The molecule has 0 saturated heterocycles. The Morgan fingerprint density at radius 3 is 2.23 bits per heavy atom. The maximum atomic E-state index is 12.8. The van der Waals surface area contributed by atoms with E-state index in [1.165, 1.54) is 24.3 Å². The van der Waals surface area contributed by atoms with Gasteiger partial charge in [-0.3, -0.25) is 9.59 Å². The van der Waals surface area contributed by atoms with Crippen molar-refractivity contribution in [3.63, 3.8) is 0 Å². The van der Waals surface area contributed by atoms with Gasteiger partial charge in [0.2, 0.25) is 10.0 Å². The quantitative estimate of drug-likeness (QED) is 0.459. The Hall–Kier alpha value is -3.15. The van der Waals surface area contributed by atoms with Crippen molar-refractivity contribution in [1.82, 2.24) is 10.0 Å². The molecule has 1 amide bonds. The molecular weight excluding hydrogens is 416 g/mol. The molecule has 0 aromatic heterocycles. The van der Waals surface area contributed by atoms with Gasteiger partial charge < -0.3 is 10.1 Å². The smallest absolute Gasteiger partial charge is 0.308 e. The van der Waals surface area contributed by atoms with Gasteiger partial charge in [0.25, 0.3) is 5.91 Å². The molecule has 164 valence electrons. The van der Waals surface area contributed by atoms with E-state index in [0.29, 0.717) is 0 Å². The first kappa shape index (κ1) is 24.1. The van der Waals surface area contributed by atoms with E-state index in [4.69, 9.17) is 11.2 Å². The molecular formula is C23H26N2O5S. The topological polar surface area (TPSA) is 102 Å². The Kier molecular flexibility index (Phi) is 8.37. The zero-order valence-electron chi connectivity index (χ0n) is 17.7. The van der Waals surface area contributed by atoms with Gasteiger partial charge in [-0.2, -0.15) is 4.72 Å². The summed E-state index contributed by atoms with van der Waals surface area (Å²) in [5.74, 6) is 1.33. The number of sulfonamides is 1. The van der Waals surface area contributed by atoms with Crippen LogP contribution in [0.1, 0.15) is 47.8 Å². The number of carbonyl (C=O) groups is 2. The number of carbonyl (C=O) groups excluding carboxylic acids is 2. The maximum absolute atomic E-state index is 12.8. The predicted octanol–water partition coefficient (Wildman–Crippen LogP) is 2.72. The van der Waals surface area contributed by atoms with E-state index < -0.39 is 27.9 Å². The van der Waals surface area contributed by atoms with E-state index in [0.717, 1.165) is 11.1 Å². The molecule has 31 heavy (non-hydrogen) atoms. The van der Waals surface area contributed by atoms with Crippen molar-refractivity contribution in [3.8, 4) is 12.3 Å². The first-order chi connectivity index (χ1) is 14.6. The molecule has 0 heterocycles. The van der Waals surface area contributed by atoms with Crippen molar-refractivity contribution in [2.45, 2.75) is 44.2 Å². The highest BCUT2D eigenvalue weighted by molar-refractivity contribution is 7.89. The molecule has 0 aliphatic heterocycles. The highest BCUT2D eigenvalue weighted by atomic mass is 32.2. The minimum Gasteiger partial charge on any atom is -0.463 e. The van der Waals surface area contributed by atoms with Crippen LogP contribution >= 0.6 is 0 Å². The van der Waals surface area contributed by atoms with Crippen LogP contribution in [0, 0.1) is 19.3 Å². The number of nitrogens with one attached hydrogen (secondary N) is 2. The van der Waals surface area contributed by atoms with Crippen molar-refractivity contribution < 1.29 is 22.7 Å². The number of hydrogen-bond acceptors (Lipinski definition) is 5. The fourth-order valence-corrected chi connectivity index (χ4v) is 3.71. The van der Waals surface area contributed by atoms with Gasteiger partial charge in [-0.15, -0.1) is 6.42 Å². The summed E-state index contributed by atoms with van der Waals surface area (Å²) in [5.41, 5.74) is 2.07. The number of aryl methyl sites for hydroxylation is 1. The van der Waals surface area contributed by atoms with Crippen molar-refractivity contribution in [3.05, 3.63) is 65.2 Å². The number of benzene rings is 2. The lowest BCUT2D eigenvalue weighted by atomic mass is 10.0. The molecule has 8 heteroatoms. The average molecular weight is 443 g/mol. The van der Waals surface area contributed by atoms with Crippen LogP contribution in [0.4, 0.5) is 0 Å². The molecule has 0 spiro atoms. The van der Waals surface area contributed by atoms with Crippen LogP contribution in [-0.4, -0.2) is 32.9 Å². The summed E-state index contributed by atoms with van der Waals surface area (Å²) in [6.45, 7) is 5.32. The van der Waals surface area contributed by atoms with E-state index >= 15 is 0 Å². The van der Waals surface area contributed by atoms with Crippen LogP contribution in [0.15, 0.2) is 53.4 Å². The van der Waals surface area contributed by atoms with Crippen LogP contribution in [0.5, 0.6) is 0 Å². The number of ether oxygens (including phenoxy) is 1. The van der Waals surface area contributed by atoms with E-state index in [-0.39, 0.29) is 29.5 Å². The molecule has 7 nitrogen and oxygen atoms in total. The Balaban J connectivity index is 2.19. The first-order valence-electron chi connectivity index (χ1n) is 9.72. The summed E-state index contributed by atoms with van der Waals surface area (Å²) in [7, 11) is -3.75. The molecule has 0 saturated carbocycles. The Morgan fingerprint density at radius 1 is 1.06 bits per heavy atom. The predicted molar refractivity (Wildman–Crippen MR) is 118 cm³/mol. The lowest BCUT2D eigenvalue weighted by Gasteiger charge is -2.20. The number of terminal acetylenes is 1. The second kappa shape index (κ2) is 10.8. The summed E-state index contributed by atoms with van der Waals surface area (Å²) in [5, 5.41) is 2.83. The number of rotatable bonds is 9. The Bertz CT molecular complexity index is 1050. The van der Waals surface area contributed by atoms with Gasteiger partial charge in [-0.05, 0) is 50.6 Å². The van der Waals surface area contributed by atoms with Crippen LogP contribution in [0.2, 0.25) is 0 Å². The highest BCUT2D eigenvalue weighted by Gasteiger charge is 2.21. The lowest BCUT2D eigenvalue weighted by molar-refractivity contribution is -0.147. The maximum Gasteiger partial charge on any atom is 0.308 e. The van der Waals surface area contributed by atoms with E-state index in [1.54, 1.807) is 13.8 Å². The second-order valence-electron chi connectivity index (χ2n) is 7.23.